The predicted octanol–water partition coefficient (Wildman–Crippen LogP) is 5.11. The molecule has 0 atom stereocenters. The topological polar surface area (TPSA) is 34.0 Å². The third-order valence-electron chi connectivity index (χ3n) is 4.71. The Balaban J connectivity index is 1.68. The van der Waals surface area contributed by atoms with Gasteiger partial charge in [0.1, 0.15) is 0 Å². The first kappa shape index (κ1) is 18.7. The Morgan fingerprint density at radius 2 is 1.81 bits per heavy atom. The molecule has 26 heavy (non-hydrogen) atoms. The maximum absolute atomic E-state index is 11.5. The van der Waals surface area contributed by atoms with Crippen LogP contribution in [0.1, 0.15) is 30.9 Å². The standard InChI is InChI=1S/C22H25BrN2O/c1-2-22(26)24-14-13-18-16-25(21-12-6-4-10-19(18)21)15-7-9-17-8-3-5-11-20(17)23/h3-6,8,10-12,16H,2,7,9,13-15H2,1H3,(H,24,26). The van der Waals surface area contributed by atoms with Gasteiger partial charge in [0.25, 0.3) is 0 Å². The second-order valence-electron chi connectivity index (χ2n) is 6.51. The van der Waals surface area contributed by atoms with Crippen molar-refractivity contribution in [2.75, 3.05) is 6.54 Å². The zero-order valence-corrected chi connectivity index (χ0v) is 16.8. The smallest absolute Gasteiger partial charge is 0.219 e. The average molecular weight is 413 g/mol. The quantitative estimate of drug-likeness (QED) is 0.548. The molecule has 3 nitrogen and oxygen atoms in total. The van der Waals surface area contributed by atoms with E-state index >= 15 is 0 Å². The van der Waals surface area contributed by atoms with Crippen LogP contribution in [0.2, 0.25) is 0 Å². The molecule has 0 aliphatic rings. The number of carbonyl (C=O) groups excluding carboxylic acids is 1. The molecule has 0 fully saturated rings. The fourth-order valence-corrected chi connectivity index (χ4v) is 3.79. The van der Waals surface area contributed by atoms with Gasteiger partial charge in [0, 0.05) is 41.1 Å². The molecule has 0 saturated carbocycles. The zero-order chi connectivity index (χ0) is 18.4. The fraction of sp³-hybridized carbons (Fsp3) is 0.318. The molecule has 0 radical (unpaired) electrons. The number of nitrogens with one attached hydrogen (secondary N) is 1. The van der Waals surface area contributed by atoms with Gasteiger partial charge in [-0.15, -0.1) is 0 Å². The highest BCUT2D eigenvalue weighted by molar-refractivity contribution is 9.10. The van der Waals surface area contributed by atoms with Crippen LogP contribution >= 0.6 is 15.9 Å². The molecular formula is C22H25BrN2O. The molecule has 0 aliphatic heterocycles. The van der Waals surface area contributed by atoms with Crippen molar-refractivity contribution in [2.24, 2.45) is 0 Å². The van der Waals surface area contributed by atoms with Crippen molar-refractivity contribution >= 4 is 32.7 Å². The van der Waals surface area contributed by atoms with Gasteiger partial charge in [0.15, 0.2) is 0 Å². The lowest BCUT2D eigenvalue weighted by atomic mass is 10.1. The van der Waals surface area contributed by atoms with Crippen LogP contribution in [-0.2, 0) is 24.2 Å². The number of nitrogens with zero attached hydrogens (tertiary/aromatic N) is 1. The summed E-state index contributed by atoms with van der Waals surface area (Å²) in [5.41, 5.74) is 3.93. The van der Waals surface area contributed by atoms with Gasteiger partial charge in [-0.25, -0.2) is 0 Å². The van der Waals surface area contributed by atoms with Crippen LogP contribution in [0.3, 0.4) is 0 Å². The summed E-state index contributed by atoms with van der Waals surface area (Å²) in [4.78, 5) is 11.5. The van der Waals surface area contributed by atoms with Crippen molar-refractivity contribution < 1.29 is 4.79 Å². The second-order valence-corrected chi connectivity index (χ2v) is 7.37. The summed E-state index contributed by atoms with van der Waals surface area (Å²) in [6, 6.07) is 17.0. The zero-order valence-electron chi connectivity index (χ0n) is 15.2. The molecule has 1 amide bonds. The number of para-hydroxylation sites is 1. The largest absolute Gasteiger partial charge is 0.356 e. The van der Waals surface area contributed by atoms with Crippen LogP contribution in [0, 0.1) is 0 Å². The summed E-state index contributed by atoms with van der Waals surface area (Å²) < 4.78 is 3.54. The first-order chi connectivity index (χ1) is 12.7. The monoisotopic (exact) mass is 412 g/mol. The van der Waals surface area contributed by atoms with Crippen molar-refractivity contribution in [3.8, 4) is 0 Å². The molecule has 136 valence electrons. The van der Waals surface area contributed by atoms with Crippen molar-refractivity contribution in [3.05, 3.63) is 70.3 Å². The van der Waals surface area contributed by atoms with Gasteiger partial charge in [-0.1, -0.05) is 59.3 Å². The third kappa shape index (κ3) is 4.55. The Labute approximate surface area is 163 Å². The predicted molar refractivity (Wildman–Crippen MR) is 111 cm³/mol. The number of fused-ring (bicyclic) bond motifs is 1. The van der Waals surface area contributed by atoms with Gasteiger partial charge in [0.05, 0.1) is 0 Å². The summed E-state index contributed by atoms with van der Waals surface area (Å²) in [5, 5.41) is 4.26. The van der Waals surface area contributed by atoms with Gasteiger partial charge in [-0.3, -0.25) is 4.79 Å². The van der Waals surface area contributed by atoms with Gasteiger partial charge in [-0.05, 0) is 42.5 Å². The number of rotatable bonds is 8. The Kier molecular flexibility index (Phi) is 6.51. The lowest BCUT2D eigenvalue weighted by molar-refractivity contribution is -0.120. The summed E-state index contributed by atoms with van der Waals surface area (Å²) in [6.45, 7) is 3.56. The number of aryl methyl sites for hydroxylation is 2. The summed E-state index contributed by atoms with van der Waals surface area (Å²) in [5.74, 6) is 0.113. The Bertz CT molecular complexity index is 885. The van der Waals surface area contributed by atoms with Crippen molar-refractivity contribution in [1.82, 2.24) is 9.88 Å². The highest BCUT2D eigenvalue weighted by Crippen LogP contribution is 2.23. The van der Waals surface area contributed by atoms with Crippen molar-refractivity contribution in [1.29, 1.82) is 0 Å². The molecule has 1 aromatic heterocycles. The molecule has 1 N–H and O–H groups in total. The SMILES string of the molecule is CCC(=O)NCCc1cn(CCCc2ccccc2Br)c2ccccc12. The van der Waals surface area contributed by atoms with E-state index in [2.05, 4.69) is 80.5 Å². The molecule has 2 aromatic carbocycles. The van der Waals surface area contributed by atoms with E-state index in [-0.39, 0.29) is 5.91 Å². The molecule has 1 heterocycles. The number of carbonyl (C=O) groups is 1. The number of halogens is 1. The van der Waals surface area contributed by atoms with Crippen molar-refractivity contribution in [2.45, 2.75) is 39.2 Å². The minimum atomic E-state index is 0.113. The first-order valence-corrected chi connectivity index (χ1v) is 10.0. The van der Waals surface area contributed by atoms with Crippen LogP contribution in [0.5, 0.6) is 0 Å². The molecule has 0 aliphatic carbocycles. The normalized spacial score (nSPS) is 11.0. The Hall–Kier alpha value is -2.07. The Morgan fingerprint density at radius 1 is 1.04 bits per heavy atom. The van der Waals surface area contributed by atoms with E-state index in [0.717, 1.165) is 25.8 Å². The summed E-state index contributed by atoms with van der Waals surface area (Å²) in [6.07, 6.45) is 5.80. The number of hydrogen-bond acceptors (Lipinski definition) is 1. The van der Waals surface area contributed by atoms with Gasteiger partial charge in [-0.2, -0.15) is 0 Å². The third-order valence-corrected chi connectivity index (χ3v) is 5.49. The number of amides is 1. The Morgan fingerprint density at radius 3 is 2.62 bits per heavy atom. The van der Waals surface area contributed by atoms with Crippen molar-refractivity contribution in [3.63, 3.8) is 0 Å². The maximum Gasteiger partial charge on any atom is 0.219 e. The van der Waals surface area contributed by atoms with Crippen LogP contribution in [0.4, 0.5) is 0 Å². The van der Waals surface area contributed by atoms with E-state index in [0.29, 0.717) is 13.0 Å². The van der Waals surface area contributed by atoms with E-state index in [1.165, 1.54) is 26.5 Å². The number of benzene rings is 2. The molecule has 0 saturated heterocycles. The summed E-state index contributed by atoms with van der Waals surface area (Å²) in [7, 11) is 0. The highest BCUT2D eigenvalue weighted by Gasteiger charge is 2.09. The van der Waals surface area contributed by atoms with Crippen LogP contribution in [-0.4, -0.2) is 17.0 Å². The molecular weight excluding hydrogens is 388 g/mol. The highest BCUT2D eigenvalue weighted by atomic mass is 79.9. The number of aromatic nitrogens is 1. The molecule has 0 spiro atoms. The van der Waals surface area contributed by atoms with Crippen LogP contribution in [0.15, 0.2) is 59.2 Å². The van der Waals surface area contributed by atoms with Crippen LogP contribution in [0.25, 0.3) is 10.9 Å². The van der Waals surface area contributed by atoms with Gasteiger partial charge < -0.3 is 9.88 Å². The van der Waals surface area contributed by atoms with Gasteiger partial charge >= 0.3 is 0 Å². The molecule has 0 bridgehead atoms. The first-order valence-electron chi connectivity index (χ1n) is 9.26. The van der Waals surface area contributed by atoms with E-state index < -0.39 is 0 Å². The van der Waals surface area contributed by atoms with Gasteiger partial charge in [0.2, 0.25) is 5.91 Å². The maximum atomic E-state index is 11.5. The minimum absolute atomic E-state index is 0.113. The average Bonchev–Trinajstić information content (AvgIpc) is 3.01. The number of hydrogen-bond donors (Lipinski definition) is 1. The van der Waals surface area contributed by atoms with E-state index in [1.807, 2.05) is 6.92 Å². The van der Waals surface area contributed by atoms with Crippen LogP contribution < -0.4 is 5.32 Å². The molecule has 0 unspecified atom stereocenters. The lowest BCUT2D eigenvalue weighted by Gasteiger charge is -2.07. The second kappa shape index (κ2) is 9.04. The lowest BCUT2D eigenvalue weighted by Crippen LogP contribution is -2.24. The molecule has 4 heteroatoms. The molecule has 3 rings (SSSR count). The minimum Gasteiger partial charge on any atom is -0.356 e. The molecule has 3 aromatic rings. The van der Waals surface area contributed by atoms with E-state index in [1.54, 1.807) is 0 Å². The van der Waals surface area contributed by atoms with E-state index in [4.69, 9.17) is 0 Å². The summed E-state index contributed by atoms with van der Waals surface area (Å²) >= 11 is 3.63. The fourth-order valence-electron chi connectivity index (χ4n) is 3.31. The van der Waals surface area contributed by atoms with E-state index in [9.17, 15) is 4.79 Å².